The van der Waals surface area contributed by atoms with E-state index in [9.17, 15) is 4.79 Å². The molecular weight excluding hydrogens is 66.0 g/mol. The summed E-state index contributed by atoms with van der Waals surface area (Å²) in [4.78, 5) is 10.4. The predicted molar refractivity (Wildman–Crippen MR) is 19.7 cm³/mol. The van der Waals surface area contributed by atoms with Crippen LogP contribution in [0.15, 0.2) is 0 Å². The monoisotopic (exact) mass is 78.1 g/mol. The minimum Gasteiger partial charge on any atom is -0.324 e. The molecule has 0 heterocycles. The van der Waals surface area contributed by atoms with E-state index in [1.807, 2.05) is 0 Å². The van der Waals surface area contributed by atoms with Crippen molar-refractivity contribution in [2.45, 2.75) is 6.85 Å². The van der Waals surface area contributed by atoms with E-state index in [-0.39, 0.29) is 0 Å². The summed E-state index contributed by atoms with van der Waals surface area (Å²) in [7, 11) is 0. The van der Waals surface area contributed by atoms with Gasteiger partial charge in [0, 0.05) is 4.11 Å². The van der Waals surface area contributed by atoms with Crippen molar-refractivity contribution in [3.63, 3.8) is 0 Å². The minimum atomic E-state index is -2.95. The van der Waals surface area contributed by atoms with Crippen LogP contribution in [0.4, 0.5) is 0 Å². The number of hydrogen-bond acceptors (Lipinski definition) is 2. The highest BCUT2D eigenvalue weighted by Crippen LogP contribution is 1.51. The van der Waals surface area contributed by atoms with Crippen molar-refractivity contribution in [3.05, 3.63) is 0 Å². The third-order valence-corrected chi connectivity index (χ3v) is 0.131. The first-order chi connectivity index (χ1) is 4.15. The minimum absolute atomic E-state index is 1.57. The van der Waals surface area contributed by atoms with Crippen molar-refractivity contribution in [2.24, 2.45) is 5.73 Å². The highest BCUT2D eigenvalue weighted by Gasteiger charge is 1.76. The molecule has 2 nitrogen and oxygen atoms in total. The number of ketones is 1. The molecule has 0 atom stereocenters. The smallest absolute Gasteiger partial charge is 0.143 e. The van der Waals surface area contributed by atoms with Crippen molar-refractivity contribution in [1.82, 2.24) is 0 Å². The first kappa shape index (κ1) is 0.819. The molecule has 0 fully saturated rings. The molecule has 0 aliphatic heterocycles. The number of carbonyl (C=O) groups is 1. The van der Waals surface area contributed by atoms with Crippen LogP contribution in [-0.2, 0) is 4.79 Å². The summed E-state index contributed by atoms with van der Waals surface area (Å²) >= 11 is 0. The normalized spacial score (nSPS) is 27.8. The summed E-state index contributed by atoms with van der Waals surface area (Å²) in [5.74, 6) is -1.57. The van der Waals surface area contributed by atoms with Gasteiger partial charge in [-0.05, 0) is 6.85 Å². The second kappa shape index (κ2) is 1.91. The van der Waals surface area contributed by atoms with Crippen LogP contribution in [-0.4, -0.2) is 12.3 Å². The highest BCUT2D eigenvalue weighted by molar-refractivity contribution is 5.77. The van der Waals surface area contributed by atoms with Gasteiger partial charge in [-0.2, -0.15) is 0 Å². The maximum absolute atomic E-state index is 10.4. The average Bonchev–Trinajstić information content (AvgIpc) is 1.59. The van der Waals surface area contributed by atoms with Crippen LogP contribution in [0.5, 0.6) is 0 Å². The fraction of sp³-hybridized carbons (Fsp3) is 0.667. The number of nitrogens with two attached hydrogens (primary N) is 1. The van der Waals surface area contributed by atoms with Crippen molar-refractivity contribution < 1.29 is 11.6 Å². The molecule has 2 N–H and O–H groups in total. The lowest BCUT2D eigenvalue weighted by Gasteiger charge is -1.73. The fourth-order valence-electron chi connectivity index (χ4n) is 0. The van der Waals surface area contributed by atoms with E-state index in [0.29, 0.717) is 0 Å². The molecule has 0 amide bonds. The van der Waals surface area contributed by atoms with Gasteiger partial charge in [0.05, 0.1) is 9.24 Å². The average molecular weight is 78.1 g/mol. The summed E-state index contributed by atoms with van der Waals surface area (Å²) in [5, 5.41) is 0. The number of Topliss-reactive ketones (excluding diaryl/α,β-unsaturated/α-hetero) is 1. The van der Waals surface area contributed by atoms with Crippen LogP contribution in [0.25, 0.3) is 0 Å². The fourth-order valence-corrected chi connectivity index (χ4v) is 0. The summed E-state index contributed by atoms with van der Waals surface area (Å²) in [6, 6.07) is 0. The Kier molecular flexibility index (Phi) is 0.312. The molecule has 0 spiro atoms. The Morgan fingerprint density at radius 3 is 3.20 bits per heavy atom. The molecule has 30 valence electrons. The second-order valence-electron chi connectivity index (χ2n) is 0.473. The first-order valence-corrected chi connectivity index (χ1v) is 0.993. The molecule has 0 aliphatic rings. The van der Waals surface area contributed by atoms with Crippen LogP contribution in [0.2, 0.25) is 0 Å². The molecule has 0 radical (unpaired) electrons. The number of rotatable bonds is 1. The van der Waals surface area contributed by atoms with Gasteiger partial charge in [-0.1, -0.05) is 0 Å². The lowest BCUT2D eigenvalue weighted by Crippen LogP contribution is -2.07. The Bertz CT molecular complexity index is 128. The summed E-state index contributed by atoms with van der Waals surface area (Å²) < 4.78 is 32.4. The van der Waals surface area contributed by atoms with Gasteiger partial charge in [0.15, 0.2) is 0 Å². The maximum atomic E-state index is 10.4. The Morgan fingerprint density at radius 1 is 2.60 bits per heavy atom. The van der Waals surface area contributed by atoms with E-state index in [1.54, 1.807) is 0 Å². The molecule has 0 aromatic carbocycles. The van der Waals surface area contributed by atoms with E-state index >= 15 is 0 Å². The van der Waals surface area contributed by atoms with Crippen LogP contribution in [0.1, 0.15) is 13.7 Å². The summed E-state index contributed by atoms with van der Waals surface area (Å²) in [6.45, 7) is -5.70. The lowest BCUT2D eigenvalue weighted by atomic mass is 10.5. The van der Waals surface area contributed by atoms with E-state index in [0.717, 1.165) is 0 Å². The largest absolute Gasteiger partial charge is 0.324 e. The molecule has 0 aromatic heterocycles. The van der Waals surface area contributed by atoms with Crippen LogP contribution in [0.3, 0.4) is 0 Å². The summed E-state index contributed by atoms with van der Waals surface area (Å²) in [5.41, 5.74) is 4.59. The van der Waals surface area contributed by atoms with Gasteiger partial charge in [0.25, 0.3) is 0 Å². The Balaban J connectivity index is 4.40. The molecule has 0 bridgehead atoms. The van der Waals surface area contributed by atoms with Gasteiger partial charge in [-0.3, -0.25) is 4.79 Å². The third kappa shape index (κ3) is 3.63. The van der Waals surface area contributed by atoms with Gasteiger partial charge in [0.1, 0.15) is 5.78 Å². The van der Waals surface area contributed by atoms with Gasteiger partial charge in [-0.15, -0.1) is 0 Å². The van der Waals surface area contributed by atoms with E-state index in [1.165, 1.54) is 0 Å². The van der Waals surface area contributed by atoms with Gasteiger partial charge in [0.2, 0.25) is 0 Å². The second-order valence-corrected chi connectivity index (χ2v) is 0.473. The molecular formula is C3H7NO. The molecule has 0 aromatic rings. The Labute approximate surface area is 38.0 Å². The van der Waals surface area contributed by atoms with Gasteiger partial charge in [-0.25, -0.2) is 0 Å². The zero-order chi connectivity index (χ0) is 8.58. The zero-order valence-electron chi connectivity index (χ0n) is 7.49. The molecule has 0 saturated carbocycles. The summed E-state index contributed by atoms with van der Waals surface area (Å²) in [6.07, 6.45) is 0. The third-order valence-electron chi connectivity index (χ3n) is 0.131. The predicted octanol–water partition coefficient (Wildman–Crippen LogP) is -0.466. The van der Waals surface area contributed by atoms with Crippen LogP contribution >= 0.6 is 0 Å². The molecule has 0 unspecified atom stereocenters. The topological polar surface area (TPSA) is 43.1 Å². The van der Waals surface area contributed by atoms with Crippen molar-refractivity contribution >= 4 is 5.78 Å². The lowest BCUT2D eigenvalue weighted by molar-refractivity contribution is -0.115. The Morgan fingerprint density at radius 2 is 3.20 bits per heavy atom. The molecule has 0 aliphatic carbocycles. The quantitative estimate of drug-likeness (QED) is 0.461. The SMILES string of the molecule is [2H]C([2H])([2H])C(=O)C([2H])([2H])N. The molecule has 0 saturated heterocycles. The van der Waals surface area contributed by atoms with Crippen molar-refractivity contribution in [1.29, 1.82) is 0 Å². The van der Waals surface area contributed by atoms with Gasteiger partial charge >= 0.3 is 0 Å². The van der Waals surface area contributed by atoms with Crippen molar-refractivity contribution in [2.75, 3.05) is 6.50 Å². The van der Waals surface area contributed by atoms with E-state index in [4.69, 9.17) is 6.85 Å². The molecule has 2 heteroatoms. The number of carbonyl (C=O) groups excluding carboxylic acids is 1. The van der Waals surface area contributed by atoms with Crippen LogP contribution in [0, 0.1) is 0 Å². The zero-order valence-corrected chi connectivity index (χ0v) is 2.49. The first-order valence-electron chi connectivity index (χ1n) is 3.49. The van der Waals surface area contributed by atoms with Crippen molar-refractivity contribution in [3.8, 4) is 0 Å². The van der Waals surface area contributed by atoms with Gasteiger partial charge < -0.3 is 5.73 Å². The molecule has 5 heavy (non-hydrogen) atoms. The standard InChI is InChI=1S/C3H7NO/c1-3(5)2-4/h2,4H2,1H3/i1D3,2D2. The Hall–Kier alpha value is -0.370. The van der Waals surface area contributed by atoms with Crippen LogP contribution < -0.4 is 5.73 Å². The number of hydrogen-bond donors (Lipinski definition) is 1. The highest BCUT2D eigenvalue weighted by atomic mass is 16.1. The maximum Gasteiger partial charge on any atom is 0.143 e. The molecule has 0 rings (SSSR count). The van der Waals surface area contributed by atoms with E-state index in [2.05, 4.69) is 5.73 Å². The van der Waals surface area contributed by atoms with E-state index < -0.39 is 19.1 Å².